The molecule has 1 amide bonds. The van der Waals surface area contributed by atoms with Crippen molar-refractivity contribution in [1.29, 1.82) is 0 Å². The molecule has 0 aromatic carbocycles. The summed E-state index contributed by atoms with van der Waals surface area (Å²) in [6, 6.07) is 6.20. The molecule has 0 spiro atoms. The van der Waals surface area contributed by atoms with E-state index in [9.17, 15) is 4.79 Å². The van der Waals surface area contributed by atoms with Gasteiger partial charge in [0.15, 0.2) is 0 Å². The standard InChI is InChI=1S/C24H37ClN6O2.C19H29ClN6/c1-5-18-16-30(22-20(25)14-17(15-28-22)21-26-8-9-27-21)12-13-31(18)19-6-10-29(11-7-19)23(32)33-24(2,3)4;1-2-15-13-25(9-10-26(15)16-3-5-21-6-4-16)19-17(20)11-14(12-24-19)18-22-7-8-23-18/h14-15,18-19H,5-13,16H2,1-4H3,(H,26,27);11-12,15-16,21H,2-10,13H2,1H3,(H,22,23)/t18-;15-/m00/s1. The zero-order valence-corrected chi connectivity index (χ0v) is 37.4. The summed E-state index contributed by atoms with van der Waals surface area (Å²) >= 11 is 13.3. The number of nitrogens with one attached hydrogen (secondary N) is 3. The van der Waals surface area contributed by atoms with Crippen LogP contribution in [0.2, 0.25) is 10.0 Å². The molecule has 6 aliphatic heterocycles. The van der Waals surface area contributed by atoms with Crippen molar-refractivity contribution in [3.05, 3.63) is 45.7 Å². The number of pyridine rings is 2. The Morgan fingerprint density at radius 2 is 1.19 bits per heavy atom. The molecule has 6 aliphatic rings. The van der Waals surface area contributed by atoms with Crippen LogP contribution in [-0.4, -0.2) is 164 Å². The van der Waals surface area contributed by atoms with E-state index >= 15 is 0 Å². The molecule has 8 heterocycles. The first kappa shape index (κ1) is 43.7. The number of amides is 1. The Labute approximate surface area is 361 Å². The molecule has 59 heavy (non-hydrogen) atoms. The highest BCUT2D eigenvalue weighted by atomic mass is 35.5. The fourth-order valence-electron chi connectivity index (χ4n) is 9.43. The largest absolute Gasteiger partial charge is 0.444 e. The number of ether oxygens (including phenoxy) is 1. The molecule has 2 atom stereocenters. The zero-order chi connectivity index (χ0) is 41.5. The summed E-state index contributed by atoms with van der Waals surface area (Å²) in [5.41, 5.74) is 1.48. The lowest BCUT2D eigenvalue weighted by Gasteiger charge is -2.47. The van der Waals surface area contributed by atoms with Crippen molar-refractivity contribution in [1.82, 2.24) is 40.6 Å². The highest BCUT2D eigenvalue weighted by Crippen LogP contribution is 2.31. The first-order valence-corrected chi connectivity index (χ1v) is 22.8. The Kier molecular flexibility index (Phi) is 14.8. The van der Waals surface area contributed by atoms with Gasteiger partial charge in [-0.1, -0.05) is 37.0 Å². The number of hydrogen-bond donors (Lipinski definition) is 3. The van der Waals surface area contributed by atoms with E-state index in [1.807, 2.05) is 50.2 Å². The minimum absolute atomic E-state index is 0.194. The second kappa shape index (κ2) is 20.0. The summed E-state index contributed by atoms with van der Waals surface area (Å²) in [5.74, 6) is 3.56. The van der Waals surface area contributed by atoms with Crippen LogP contribution in [0.3, 0.4) is 0 Å². The van der Waals surface area contributed by atoms with Crippen LogP contribution in [0.5, 0.6) is 0 Å². The lowest BCUT2D eigenvalue weighted by atomic mass is 9.98. The van der Waals surface area contributed by atoms with Crippen molar-refractivity contribution < 1.29 is 9.53 Å². The smallest absolute Gasteiger partial charge is 0.410 e. The number of likely N-dealkylation sites (tertiary alicyclic amines) is 1. The van der Waals surface area contributed by atoms with Gasteiger partial charge < -0.3 is 35.4 Å². The van der Waals surface area contributed by atoms with Crippen LogP contribution in [0.1, 0.15) is 84.3 Å². The number of carbonyl (C=O) groups is 1. The molecule has 0 bridgehead atoms. The summed E-state index contributed by atoms with van der Waals surface area (Å²) in [6.45, 7) is 23.3. The number of hydrogen-bond acceptors (Lipinski definition) is 13. The highest BCUT2D eigenvalue weighted by Gasteiger charge is 2.36. The molecule has 0 unspecified atom stereocenters. The molecule has 2 aromatic rings. The Bertz CT molecular complexity index is 1790. The summed E-state index contributed by atoms with van der Waals surface area (Å²) in [7, 11) is 0. The average Bonchev–Trinajstić information content (AvgIpc) is 4.00. The molecule has 16 heteroatoms. The van der Waals surface area contributed by atoms with E-state index in [-0.39, 0.29) is 6.09 Å². The number of aromatic nitrogens is 2. The van der Waals surface area contributed by atoms with Gasteiger partial charge in [0.1, 0.15) is 28.9 Å². The van der Waals surface area contributed by atoms with Crippen molar-refractivity contribution in [2.75, 3.05) is 101 Å². The zero-order valence-electron chi connectivity index (χ0n) is 35.9. The second-order valence-electron chi connectivity index (χ2n) is 17.5. The third-order valence-corrected chi connectivity index (χ3v) is 13.1. The third-order valence-electron chi connectivity index (χ3n) is 12.5. The molecular formula is C43H66Cl2N12O2. The first-order valence-electron chi connectivity index (χ1n) is 22.1. The Balaban J connectivity index is 0.000000184. The van der Waals surface area contributed by atoms with Gasteiger partial charge in [0.05, 0.1) is 23.1 Å². The Hall–Kier alpha value is -3.43. The Morgan fingerprint density at radius 3 is 1.59 bits per heavy atom. The molecule has 4 saturated heterocycles. The predicted octanol–water partition coefficient (Wildman–Crippen LogP) is 5.12. The normalized spacial score (nSPS) is 23.9. The van der Waals surface area contributed by atoms with Gasteiger partial charge in [-0.05, 0) is 84.5 Å². The van der Waals surface area contributed by atoms with E-state index in [0.717, 1.165) is 163 Å². The van der Waals surface area contributed by atoms with Gasteiger partial charge in [-0.15, -0.1) is 0 Å². The molecule has 2 aromatic heterocycles. The summed E-state index contributed by atoms with van der Waals surface area (Å²) < 4.78 is 5.55. The van der Waals surface area contributed by atoms with Gasteiger partial charge in [0.2, 0.25) is 0 Å². The van der Waals surface area contributed by atoms with E-state index in [0.29, 0.717) is 23.1 Å². The van der Waals surface area contributed by atoms with Gasteiger partial charge in [0, 0.05) is 113 Å². The molecule has 324 valence electrons. The van der Waals surface area contributed by atoms with Crippen molar-refractivity contribution >= 4 is 52.6 Å². The fraction of sp³-hybridized carbons (Fsp3) is 0.698. The van der Waals surface area contributed by atoms with Crippen LogP contribution in [0.15, 0.2) is 34.5 Å². The van der Waals surface area contributed by atoms with Crippen LogP contribution in [0.4, 0.5) is 16.4 Å². The quantitative estimate of drug-likeness (QED) is 0.328. The van der Waals surface area contributed by atoms with Crippen LogP contribution >= 0.6 is 23.2 Å². The summed E-state index contributed by atoms with van der Waals surface area (Å²) in [6.07, 6.45) is 10.3. The van der Waals surface area contributed by atoms with Gasteiger partial charge in [-0.25, -0.2) is 14.8 Å². The fourth-order valence-corrected chi connectivity index (χ4v) is 10.00. The highest BCUT2D eigenvalue weighted by molar-refractivity contribution is 6.33. The lowest BCUT2D eigenvalue weighted by molar-refractivity contribution is 0.00944. The van der Waals surface area contributed by atoms with E-state index in [1.165, 1.54) is 12.8 Å². The number of nitrogens with zero attached hydrogens (tertiary/aromatic N) is 9. The average molecular weight is 854 g/mol. The molecule has 8 rings (SSSR count). The monoisotopic (exact) mass is 852 g/mol. The number of aliphatic imine (C=N–C) groups is 2. The Morgan fingerprint density at radius 1 is 0.712 bits per heavy atom. The second-order valence-corrected chi connectivity index (χ2v) is 18.4. The topological polar surface area (TPSA) is 129 Å². The van der Waals surface area contributed by atoms with E-state index in [2.05, 4.69) is 59.4 Å². The molecule has 0 aliphatic carbocycles. The number of amidine groups is 2. The van der Waals surface area contributed by atoms with E-state index in [4.69, 9.17) is 37.9 Å². The van der Waals surface area contributed by atoms with E-state index in [1.54, 1.807) is 0 Å². The predicted molar refractivity (Wildman–Crippen MR) is 240 cm³/mol. The van der Waals surface area contributed by atoms with Crippen molar-refractivity contribution in [2.24, 2.45) is 9.98 Å². The number of carbonyl (C=O) groups excluding carboxylic acids is 1. The minimum atomic E-state index is -0.452. The van der Waals surface area contributed by atoms with Gasteiger partial charge in [0.25, 0.3) is 0 Å². The van der Waals surface area contributed by atoms with Crippen molar-refractivity contribution in [3.8, 4) is 0 Å². The maximum Gasteiger partial charge on any atom is 0.410 e. The maximum atomic E-state index is 12.4. The molecule has 0 radical (unpaired) electrons. The number of rotatable bonds is 8. The molecule has 4 fully saturated rings. The van der Waals surface area contributed by atoms with Gasteiger partial charge >= 0.3 is 6.09 Å². The molecule has 14 nitrogen and oxygen atoms in total. The summed E-state index contributed by atoms with van der Waals surface area (Å²) in [4.78, 5) is 42.6. The number of anilines is 2. The van der Waals surface area contributed by atoms with Crippen LogP contribution in [-0.2, 0) is 4.74 Å². The molecule has 3 N–H and O–H groups in total. The van der Waals surface area contributed by atoms with Gasteiger partial charge in [-0.3, -0.25) is 19.8 Å². The van der Waals surface area contributed by atoms with Crippen molar-refractivity contribution in [3.63, 3.8) is 0 Å². The molecule has 0 saturated carbocycles. The molecular weight excluding hydrogens is 787 g/mol. The summed E-state index contributed by atoms with van der Waals surface area (Å²) in [5, 5.41) is 11.4. The van der Waals surface area contributed by atoms with Crippen LogP contribution < -0.4 is 25.8 Å². The first-order chi connectivity index (χ1) is 28.5. The maximum absolute atomic E-state index is 12.4. The lowest BCUT2D eigenvalue weighted by Crippen LogP contribution is -2.59. The number of piperazine rings is 2. The van der Waals surface area contributed by atoms with Crippen LogP contribution in [0.25, 0.3) is 0 Å². The SMILES string of the molecule is CC[C@H]1CN(c2ncc(C3=NCCN3)cc2Cl)CCN1C1CCN(C(=O)OC(C)(C)C)CC1.CC[C@H]1CN(c2ncc(C3=NCCN3)cc2Cl)CCN1C1CCNCC1. The van der Waals surface area contributed by atoms with E-state index < -0.39 is 5.60 Å². The van der Waals surface area contributed by atoms with Crippen LogP contribution in [0, 0.1) is 0 Å². The van der Waals surface area contributed by atoms with Gasteiger partial charge in [-0.2, -0.15) is 0 Å². The van der Waals surface area contributed by atoms with Crippen molar-refractivity contribution in [2.45, 2.75) is 103 Å². The minimum Gasteiger partial charge on any atom is -0.444 e. The third kappa shape index (κ3) is 10.9. The number of halogens is 2. The number of piperidine rings is 2.